The summed E-state index contributed by atoms with van der Waals surface area (Å²) in [5.74, 6) is 0.0644. The first kappa shape index (κ1) is 29.6. The summed E-state index contributed by atoms with van der Waals surface area (Å²) in [5.41, 5.74) is 6.12. The second kappa shape index (κ2) is 18.9. The quantitative estimate of drug-likeness (QED) is 0.0984. The molecule has 2 unspecified atom stereocenters. The fourth-order valence-corrected chi connectivity index (χ4v) is 4.77. The number of hydrogen-bond acceptors (Lipinski definition) is 3. The molecule has 5 heteroatoms. The van der Waals surface area contributed by atoms with Gasteiger partial charge in [0.05, 0.1) is 6.20 Å². The monoisotopic (exact) mass is 462 g/mol. The predicted octanol–water partition coefficient (Wildman–Crippen LogP) is 7.67. The van der Waals surface area contributed by atoms with Gasteiger partial charge in [-0.2, -0.15) is 0 Å². The molecule has 5 nitrogen and oxygen atoms in total. The molecule has 0 spiro atoms. The number of quaternary nitrogens is 1. The van der Waals surface area contributed by atoms with Gasteiger partial charge in [0.2, 0.25) is 5.84 Å². The van der Waals surface area contributed by atoms with Gasteiger partial charge >= 0.3 is 5.97 Å². The van der Waals surface area contributed by atoms with Gasteiger partial charge in [-0.1, -0.05) is 102 Å². The highest BCUT2D eigenvalue weighted by Gasteiger charge is 2.40. The molecule has 0 aliphatic carbocycles. The molecule has 3 N–H and O–H groups in total. The number of unbranched alkanes of at least 4 members (excludes halogenated alkanes) is 16. The summed E-state index contributed by atoms with van der Waals surface area (Å²) in [4.78, 5) is 15.7. The van der Waals surface area contributed by atoms with Gasteiger partial charge in [-0.3, -0.25) is 5.73 Å². The fourth-order valence-electron chi connectivity index (χ4n) is 4.77. The van der Waals surface area contributed by atoms with Gasteiger partial charge in [-0.05, 0) is 26.2 Å². The van der Waals surface area contributed by atoms with E-state index in [1.807, 2.05) is 13.1 Å². The molecule has 33 heavy (non-hydrogen) atoms. The zero-order valence-electron chi connectivity index (χ0n) is 21.6. The van der Waals surface area contributed by atoms with Gasteiger partial charge in [-0.15, -0.1) is 0 Å². The van der Waals surface area contributed by atoms with E-state index in [0.717, 1.165) is 18.7 Å². The van der Waals surface area contributed by atoms with Crippen LogP contribution in [0.25, 0.3) is 0 Å². The van der Waals surface area contributed by atoms with E-state index in [0.29, 0.717) is 0 Å². The number of amidine groups is 1. The number of carbonyl (C=O) groups is 1. The topological polar surface area (TPSA) is 75.7 Å². The number of carboxylic acid groups (broad SMARTS) is 1. The predicted molar refractivity (Wildman–Crippen MR) is 141 cm³/mol. The third-order valence-electron chi connectivity index (χ3n) is 6.92. The minimum Gasteiger partial charge on any atom is -0.477 e. The minimum atomic E-state index is -0.835. The van der Waals surface area contributed by atoms with E-state index in [4.69, 9.17) is 5.73 Å². The van der Waals surface area contributed by atoms with Crippen LogP contribution in [-0.4, -0.2) is 34.1 Å². The standard InChI is InChI=1S/C28H51N3O2/c1-3-4-5-6-7-8-9-10-11-12-13-14-15-16-17-18-19-20-21-22-27-30-23-24-31(27,26(2)29)25-28(32)33/h3-4,23-24,26H,5-22,25,29H2,1-2H3/p+1/b4-3+. The van der Waals surface area contributed by atoms with Crippen LogP contribution in [0.3, 0.4) is 0 Å². The van der Waals surface area contributed by atoms with Crippen LogP contribution in [0.4, 0.5) is 0 Å². The SMILES string of the molecule is C/C=C/CCCCCCCCCCCCCCCCCCC1=NC=C[N+]1(CC(=O)O)C(C)N. The van der Waals surface area contributed by atoms with Crippen molar-refractivity contribution in [2.75, 3.05) is 6.54 Å². The molecule has 0 aromatic rings. The largest absolute Gasteiger partial charge is 0.477 e. The van der Waals surface area contributed by atoms with E-state index in [2.05, 4.69) is 24.1 Å². The van der Waals surface area contributed by atoms with Crippen molar-refractivity contribution in [3.8, 4) is 0 Å². The Kier molecular flexibility index (Phi) is 16.9. The maximum absolute atomic E-state index is 11.3. The lowest BCUT2D eigenvalue weighted by atomic mass is 10.0. The van der Waals surface area contributed by atoms with Gasteiger partial charge in [0, 0.05) is 13.3 Å². The fraction of sp³-hybridized carbons (Fsp3) is 0.786. The van der Waals surface area contributed by atoms with Crippen LogP contribution in [0.2, 0.25) is 0 Å². The Balaban J connectivity index is 1.90. The van der Waals surface area contributed by atoms with E-state index in [1.165, 1.54) is 103 Å². The number of nitrogens with two attached hydrogens (primary N) is 1. The van der Waals surface area contributed by atoms with Gasteiger partial charge in [0.25, 0.3) is 0 Å². The number of rotatable bonds is 22. The summed E-state index contributed by atoms with van der Waals surface area (Å²) in [6.45, 7) is 3.94. The summed E-state index contributed by atoms with van der Waals surface area (Å²) >= 11 is 0. The van der Waals surface area contributed by atoms with Crippen molar-refractivity contribution in [1.82, 2.24) is 0 Å². The summed E-state index contributed by atoms with van der Waals surface area (Å²) in [5, 5.41) is 9.28. The molecular weight excluding hydrogens is 410 g/mol. The number of hydrogen-bond donors (Lipinski definition) is 2. The maximum atomic E-state index is 11.3. The second-order valence-electron chi connectivity index (χ2n) is 9.83. The lowest BCUT2D eigenvalue weighted by Crippen LogP contribution is -2.59. The Morgan fingerprint density at radius 1 is 0.909 bits per heavy atom. The first-order chi connectivity index (χ1) is 16.0. The third-order valence-corrected chi connectivity index (χ3v) is 6.92. The van der Waals surface area contributed by atoms with Crippen molar-refractivity contribution >= 4 is 11.8 Å². The highest BCUT2D eigenvalue weighted by molar-refractivity contribution is 5.81. The number of aliphatic imine (C=N–C) groups is 1. The first-order valence-corrected chi connectivity index (χ1v) is 13.7. The molecule has 1 aliphatic heterocycles. The van der Waals surface area contributed by atoms with Crippen molar-refractivity contribution < 1.29 is 14.4 Å². The molecule has 0 fully saturated rings. The number of aliphatic carboxylic acids is 1. The Hall–Kier alpha value is -1.46. The van der Waals surface area contributed by atoms with Crippen LogP contribution in [0.5, 0.6) is 0 Å². The average molecular weight is 463 g/mol. The molecule has 0 amide bonds. The highest BCUT2D eigenvalue weighted by Crippen LogP contribution is 2.23. The lowest BCUT2D eigenvalue weighted by Gasteiger charge is -2.34. The molecule has 2 atom stereocenters. The maximum Gasteiger partial charge on any atom is 0.360 e. The molecule has 0 saturated carbocycles. The number of allylic oxidation sites excluding steroid dienone is 2. The zero-order valence-corrected chi connectivity index (χ0v) is 21.6. The van der Waals surface area contributed by atoms with Crippen molar-refractivity contribution in [2.24, 2.45) is 10.7 Å². The van der Waals surface area contributed by atoms with Crippen molar-refractivity contribution in [3.63, 3.8) is 0 Å². The van der Waals surface area contributed by atoms with Crippen LogP contribution in [-0.2, 0) is 4.79 Å². The van der Waals surface area contributed by atoms with E-state index >= 15 is 0 Å². The van der Waals surface area contributed by atoms with Crippen LogP contribution in [0.1, 0.15) is 129 Å². The molecule has 0 saturated heterocycles. The molecular formula is C28H52N3O2+. The van der Waals surface area contributed by atoms with Crippen molar-refractivity contribution in [2.45, 2.75) is 136 Å². The van der Waals surface area contributed by atoms with E-state index in [9.17, 15) is 9.90 Å². The van der Waals surface area contributed by atoms with Gasteiger partial charge in [0.15, 0.2) is 6.54 Å². The van der Waals surface area contributed by atoms with Crippen LogP contribution >= 0.6 is 0 Å². The second-order valence-corrected chi connectivity index (χ2v) is 9.83. The third kappa shape index (κ3) is 13.1. The molecule has 0 radical (unpaired) electrons. The van der Waals surface area contributed by atoms with Crippen molar-refractivity contribution in [3.05, 3.63) is 24.6 Å². The summed E-state index contributed by atoms with van der Waals surface area (Å²) in [7, 11) is 0. The summed E-state index contributed by atoms with van der Waals surface area (Å²) < 4.78 is 0.173. The van der Waals surface area contributed by atoms with Crippen LogP contribution < -0.4 is 5.73 Å². The Bertz CT molecular complexity index is 598. The summed E-state index contributed by atoms with van der Waals surface area (Å²) in [6.07, 6.45) is 31.3. The molecule has 0 aromatic carbocycles. The highest BCUT2D eigenvalue weighted by atomic mass is 16.4. The molecule has 1 rings (SSSR count). The Labute approximate surface area is 203 Å². The van der Waals surface area contributed by atoms with Gasteiger partial charge < -0.3 is 5.11 Å². The van der Waals surface area contributed by atoms with Crippen molar-refractivity contribution in [1.29, 1.82) is 0 Å². The molecule has 0 bridgehead atoms. The molecule has 1 heterocycles. The Morgan fingerprint density at radius 2 is 1.36 bits per heavy atom. The van der Waals surface area contributed by atoms with Gasteiger partial charge in [-0.25, -0.2) is 14.3 Å². The van der Waals surface area contributed by atoms with E-state index in [-0.39, 0.29) is 17.2 Å². The minimum absolute atomic E-state index is 0.0237. The van der Waals surface area contributed by atoms with Crippen LogP contribution in [0, 0.1) is 0 Å². The van der Waals surface area contributed by atoms with Gasteiger partial charge in [0.1, 0.15) is 12.4 Å². The Morgan fingerprint density at radius 3 is 1.79 bits per heavy atom. The number of carboxylic acids is 1. The van der Waals surface area contributed by atoms with E-state index in [1.54, 1.807) is 6.20 Å². The van der Waals surface area contributed by atoms with Crippen LogP contribution in [0.15, 0.2) is 29.5 Å². The zero-order chi connectivity index (χ0) is 24.2. The smallest absolute Gasteiger partial charge is 0.360 e. The van der Waals surface area contributed by atoms with E-state index < -0.39 is 5.97 Å². The molecule has 0 aromatic heterocycles. The normalized spacial score (nSPS) is 18.8. The first-order valence-electron chi connectivity index (χ1n) is 13.7. The number of nitrogens with zero attached hydrogens (tertiary/aromatic N) is 2. The summed E-state index contributed by atoms with van der Waals surface area (Å²) in [6, 6.07) is 0. The molecule has 1 aliphatic rings. The lowest BCUT2D eigenvalue weighted by molar-refractivity contribution is -0.805. The molecule has 190 valence electrons. The average Bonchev–Trinajstić information content (AvgIpc) is 3.18.